The van der Waals surface area contributed by atoms with Crippen molar-refractivity contribution in [2.75, 3.05) is 0 Å². The van der Waals surface area contributed by atoms with Crippen LogP contribution in [0.4, 0.5) is 17.3 Å². The standard InChI is InChI=1S/C8H8BF4.K/c1-5-3-6(2)8(7(10)4-5)9(11,12)13;/h3-4H,1-2H3;/q-1;+1. The fourth-order valence-electron chi connectivity index (χ4n) is 1.34. The van der Waals surface area contributed by atoms with Crippen molar-refractivity contribution in [3.05, 3.63) is 29.1 Å². The summed E-state index contributed by atoms with van der Waals surface area (Å²) < 4.78 is 49.7. The number of hydrogen-bond donors (Lipinski definition) is 0. The van der Waals surface area contributed by atoms with Gasteiger partial charge in [0.2, 0.25) is 0 Å². The molecule has 0 spiro atoms. The number of benzene rings is 1. The summed E-state index contributed by atoms with van der Waals surface area (Å²) in [4.78, 5) is 0. The summed E-state index contributed by atoms with van der Waals surface area (Å²) in [5.74, 6) is -1.18. The monoisotopic (exact) mass is 230 g/mol. The zero-order valence-electron chi connectivity index (χ0n) is 8.24. The van der Waals surface area contributed by atoms with Gasteiger partial charge < -0.3 is 12.9 Å². The van der Waals surface area contributed by atoms with Gasteiger partial charge in [0, 0.05) is 0 Å². The van der Waals surface area contributed by atoms with Gasteiger partial charge in [-0.2, -0.15) is 0 Å². The van der Waals surface area contributed by atoms with E-state index in [1.165, 1.54) is 13.0 Å². The van der Waals surface area contributed by atoms with Crippen molar-refractivity contribution in [3.63, 3.8) is 0 Å². The van der Waals surface area contributed by atoms with Crippen molar-refractivity contribution in [2.24, 2.45) is 0 Å². The van der Waals surface area contributed by atoms with E-state index in [0.717, 1.165) is 6.07 Å². The Morgan fingerprint density at radius 2 is 1.57 bits per heavy atom. The molecule has 0 saturated heterocycles. The molecule has 0 radical (unpaired) electrons. The molecule has 6 heteroatoms. The molecule has 0 nitrogen and oxygen atoms in total. The summed E-state index contributed by atoms with van der Waals surface area (Å²) in [5.41, 5.74) is -0.658. The number of hydrogen-bond acceptors (Lipinski definition) is 0. The Labute approximate surface area is 123 Å². The molecule has 0 aliphatic carbocycles. The first-order valence-electron chi connectivity index (χ1n) is 3.79. The Kier molecular flexibility index (Phi) is 5.35. The van der Waals surface area contributed by atoms with Crippen LogP contribution in [0, 0.1) is 19.7 Å². The van der Waals surface area contributed by atoms with E-state index >= 15 is 0 Å². The third kappa shape index (κ3) is 3.34. The van der Waals surface area contributed by atoms with Crippen LogP contribution in [0.2, 0.25) is 0 Å². The molecule has 1 rings (SSSR count). The number of halogens is 4. The Bertz CT molecular complexity index is 312. The zero-order valence-corrected chi connectivity index (χ0v) is 11.4. The van der Waals surface area contributed by atoms with Gasteiger partial charge in [0.1, 0.15) is 0 Å². The maximum atomic E-state index is 12.9. The maximum absolute atomic E-state index is 12.9. The van der Waals surface area contributed by atoms with Crippen molar-refractivity contribution in [2.45, 2.75) is 13.8 Å². The van der Waals surface area contributed by atoms with E-state index in [0.29, 0.717) is 5.56 Å². The first-order chi connectivity index (χ1) is 5.82. The van der Waals surface area contributed by atoms with Crippen LogP contribution in [-0.2, 0) is 0 Å². The Morgan fingerprint density at radius 3 is 1.93 bits per heavy atom. The van der Waals surface area contributed by atoms with Crippen LogP contribution in [-0.4, -0.2) is 6.98 Å². The van der Waals surface area contributed by atoms with Crippen molar-refractivity contribution in [1.29, 1.82) is 0 Å². The van der Waals surface area contributed by atoms with E-state index in [1.807, 2.05) is 0 Å². The van der Waals surface area contributed by atoms with Gasteiger partial charge in [0.15, 0.2) is 0 Å². The second kappa shape index (κ2) is 5.12. The Balaban J connectivity index is 0.00000169. The fourth-order valence-corrected chi connectivity index (χ4v) is 1.34. The molecule has 0 heterocycles. The van der Waals surface area contributed by atoms with E-state index in [1.54, 1.807) is 6.92 Å². The van der Waals surface area contributed by atoms with Crippen LogP contribution >= 0.6 is 0 Å². The first kappa shape index (κ1) is 14.6. The maximum Gasteiger partial charge on any atom is 1.00 e. The summed E-state index contributed by atoms with van der Waals surface area (Å²) in [6.45, 7) is -2.42. The molecule has 0 bridgehead atoms. The van der Waals surface area contributed by atoms with E-state index < -0.39 is 18.3 Å². The van der Waals surface area contributed by atoms with Crippen LogP contribution in [0.1, 0.15) is 11.1 Å². The average molecular weight is 230 g/mol. The average Bonchev–Trinajstić information content (AvgIpc) is 1.78. The van der Waals surface area contributed by atoms with E-state index in [4.69, 9.17) is 0 Å². The van der Waals surface area contributed by atoms with Crippen molar-refractivity contribution in [1.82, 2.24) is 0 Å². The minimum atomic E-state index is -5.24. The van der Waals surface area contributed by atoms with Gasteiger partial charge in [-0.15, -0.1) is 0 Å². The van der Waals surface area contributed by atoms with Gasteiger partial charge in [-0.25, -0.2) is 4.39 Å². The molecule has 0 amide bonds. The van der Waals surface area contributed by atoms with E-state index in [9.17, 15) is 17.3 Å². The van der Waals surface area contributed by atoms with Crippen LogP contribution in [0.5, 0.6) is 0 Å². The van der Waals surface area contributed by atoms with Gasteiger partial charge in [0.25, 0.3) is 0 Å². The molecule has 0 aromatic heterocycles. The molecule has 0 saturated carbocycles. The van der Waals surface area contributed by atoms with Crippen LogP contribution in [0.15, 0.2) is 12.1 Å². The smallest absolute Gasteiger partial charge is 0.445 e. The Hall–Kier alpha value is 0.641. The summed E-state index contributed by atoms with van der Waals surface area (Å²) >= 11 is 0. The van der Waals surface area contributed by atoms with Crippen LogP contribution < -0.4 is 56.8 Å². The van der Waals surface area contributed by atoms with Gasteiger partial charge in [0.05, 0.1) is 5.82 Å². The number of rotatable bonds is 1. The molecular weight excluding hydrogens is 222 g/mol. The molecule has 0 aliphatic heterocycles. The van der Waals surface area contributed by atoms with E-state index in [-0.39, 0.29) is 56.9 Å². The van der Waals surface area contributed by atoms with Crippen molar-refractivity contribution < 1.29 is 68.7 Å². The topological polar surface area (TPSA) is 0 Å². The molecule has 0 unspecified atom stereocenters. The molecule has 14 heavy (non-hydrogen) atoms. The quantitative estimate of drug-likeness (QED) is 0.450. The third-order valence-corrected chi connectivity index (χ3v) is 1.81. The van der Waals surface area contributed by atoms with Gasteiger partial charge >= 0.3 is 58.4 Å². The molecule has 0 atom stereocenters. The SMILES string of the molecule is Cc1cc(C)c([B-](F)(F)F)c(F)c1.[K+]. The molecule has 0 fully saturated rings. The summed E-state index contributed by atoms with van der Waals surface area (Å²) in [7, 11) is 0. The van der Waals surface area contributed by atoms with Crippen LogP contribution in [0.25, 0.3) is 0 Å². The number of aryl methyl sites for hydroxylation is 2. The van der Waals surface area contributed by atoms with Gasteiger partial charge in [-0.1, -0.05) is 17.1 Å². The molecule has 0 N–H and O–H groups in total. The van der Waals surface area contributed by atoms with Crippen molar-refractivity contribution >= 4 is 12.4 Å². The fraction of sp³-hybridized carbons (Fsp3) is 0.250. The van der Waals surface area contributed by atoms with Gasteiger partial charge in [-0.3, -0.25) is 0 Å². The molecule has 0 aliphatic rings. The summed E-state index contributed by atoms with van der Waals surface area (Å²) in [6.07, 6.45) is 0. The van der Waals surface area contributed by atoms with Crippen LogP contribution in [0.3, 0.4) is 0 Å². The molecule has 72 valence electrons. The second-order valence-corrected chi connectivity index (χ2v) is 3.05. The molecular formula is C8H8BF4K. The molecule has 1 aromatic rings. The Morgan fingerprint density at radius 1 is 1.07 bits per heavy atom. The summed E-state index contributed by atoms with van der Waals surface area (Å²) in [6, 6.07) is 2.23. The first-order valence-corrected chi connectivity index (χ1v) is 3.79. The minimum Gasteiger partial charge on any atom is -0.445 e. The zero-order chi connectivity index (χ0) is 10.2. The third-order valence-electron chi connectivity index (χ3n) is 1.81. The van der Waals surface area contributed by atoms with Gasteiger partial charge in [-0.05, 0) is 25.5 Å². The van der Waals surface area contributed by atoms with E-state index in [2.05, 4.69) is 0 Å². The summed E-state index contributed by atoms with van der Waals surface area (Å²) in [5, 5.41) is 0. The minimum absolute atomic E-state index is 0. The predicted molar refractivity (Wildman–Crippen MR) is 44.6 cm³/mol. The predicted octanol–water partition coefficient (Wildman–Crippen LogP) is -0.499. The van der Waals surface area contributed by atoms with Crippen molar-refractivity contribution in [3.8, 4) is 0 Å². The second-order valence-electron chi connectivity index (χ2n) is 3.05. The normalized spacial score (nSPS) is 11.0. The molecule has 1 aromatic carbocycles. The largest absolute Gasteiger partial charge is 1.00 e.